The normalized spacial score (nSPS) is 12.9. The van der Waals surface area contributed by atoms with Gasteiger partial charge in [0.05, 0.1) is 10.6 Å². The molecule has 0 saturated heterocycles. The summed E-state index contributed by atoms with van der Waals surface area (Å²) in [5.74, 6) is 0.390. The highest BCUT2D eigenvalue weighted by Crippen LogP contribution is 2.27. The largest absolute Gasteiger partial charge is 0.323 e. The molecule has 2 aromatic rings. The second kappa shape index (κ2) is 6.07. The zero-order valence-electron chi connectivity index (χ0n) is 10.8. The molecule has 96 valence electrons. The lowest BCUT2D eigenvalue weighted by molar-refractivity contribution is 0.644. The Kier molecular flexibility index (Phi) is 4.44. The summed E-state index contributed by atoms with van der Waals surface area (Å²) in [6, 6.07) is 10.5. The summed E-state index contributed by atoms with van der Waals surface area (Å²) in [6.45, 7) is 4.26. The van der Waals surface area contributed by atoms with Crippen molar-refractivity contribution in [2.24, 2.45) is 5.73 Å². The van der Waals surface area contributed by atoms with Gasteiger partial charge in [0.15, 0.2) is 0 Å². The van der Waals surface area contributed by atoms with Crippen LogP contribution < -0.4 is 5.73 Å². The van der Waals surface area contributed by atoms with E-state index < -0.39 is 0 Å². The Morgan fingerprint density at radius 2 is 1.94 bits per heavy atom. The topological polar surface area (TPSA) is 51.8 Å². The molecule has 2 N–H and O–H groups in total. The molecule has 0 bridgehead atoms. The van der Waals surface area contributed by atoms with Gasteiger partial charge in [0.25, 0.3) is 0 Å². The first-order chi connectivity index (χ1) is 8.68. The number of aryl methyl sites for hydroxylation is 1. The van der Waals surface area contributed by atoms with Crippen molar-refractivity contribution in [3.63, 3.8) is 0 Å². The third kappa shape index (κ3) is 3.15. The smallest absolute Gasteiger partial charge is 0.0828 e. The molecule has 2 rings (SSSR count). The van der Waals surface area contributed by atoms with Crippen molar-refractivity contribution in [2.45, 2.75) is 38.6 Å². The summed E-state index contributed by atoms with van der Waals surface area (Å²) in [5, 5.41) is 4.18. The van der Waals surface area contributed by atoms with Crippen molar-refractivity contribution in [2.75, 3.05) is 0 Å². The summed E-state index contributed by atoms with van der Waals surface area (Å²) < 4.78 is 4.03. The second-order valence-corrected chi connectivity index (χ2v) is 5.59. The maximum Gasteiger partial charge on any atom is 0.0828 e. The van der Waals surface area contributed by atoms with Gasteiger partial charge in [-0.1, -0.05) is 48.7 Å². The molecular formula is C14H19N3S. The molecule has 1 aromatic heterocycles. The standard InChI is InChI=1S/C14H19N3S/c1-10(2)13-14(18-17-16-13)12(15)9-8-11-6-4-3-5-7-11/h3-7,10,12H,8-9,15H2,1-2H3. The summed E-state index contributed by atoms with van der Waals surface area (Å²) in [5.41, 5.74) is 8.64. The van der Waals surface area contributed by atoms with Crippen LogP contribution >= 0.6 is 11.5 Å². The van der Waals surface area contributed by atoms with E-state index in [0.29, 0.717) is 5.92 Å². The van der Waals surface area contributed by atoms with Crippen LogP contribution in [0.15, 0.2) is 30.3 Å². The Labute approximate surface area is 112 Å². The van der Waals surface area contributed by atoms with Crippen molar-refractivity contribution in [3.8, 4) is 0 Å². The number of rotatable bonds is 5. The van der Waals surface area contributed by atoms with E-state index in [-0.39, 0.29) is 6.04 Å². The molecule has 1 aromatic carbocycles. The predicted octanol–water partition coefficient (Wildman–Crippen LogP) is 3.29. The number of benzene rings is 1. The van der Waals surface area contributed by atoms with E-state index in [2.05, 4.69) is 47.7 Å². The van der Waals surface area contributed by atoms with Gasteiger partial charge in [0, 0.05) is 6.04 Å². The molecule has 0 aliphatic rings. The van der Waals surface area contributed by atoms with E-state index in [1.165, 1.54) is 17.1 Å². The Morgan fingerprint density at radius 1 is 1.22 bits per heavy atom. The molecule has 1 atom stereocenters. The average Bonchev–Trinajstić information content (AvgIpc) is 2.86. The average molecular weight is 261 g/mol. The first-order valence-electron chi connectivity index (χ1n) is 6.30. The van der Waals surface area contributed by atoms with E-state index in [1.807, 2.05) is 6.07 Å². The maximum absolute atomic E-state index is 6.26. The zero-order valence-corrected chi connectivity index (χ0v) is 11.7. The van der Waals surface area contributed by atoms with Crippen LogP contribution in [0.2, 0.25) is 0 Å². The second-order valence-electron chi connectivity index (χ2n) is 4.81. The van der Waals surface area contributed by atoms with Crippen molar-refractivity contribution in [3.05, 3.63) is 46.5 Å². The first-order valence-corrected chi connectivity index (χ1v) is 7.07. The molecule has 0 aliphatic carbocycles. The van der Waals surface area contributed by atoms with Crippen LogP contribution in [0.3, 0.4) is 0 Å². The minimum absolute atomic E-state index is 0.0441. The fourth-order valence-electron chi connectivity index (χ4n) is 1.96. The Hall–Kier alpha value is -1.26. The lowest BCUT2D eigenvalue weighted by Crippen LogP contribution is -2.12. The number of aromatic nitrogens is 2. The van der Waals surface area contributed by atoms with Gasteiger partial charge in [0.1, 0.15) is 0 Å². The summed E-state index contributed by atoms with van der Waals surface area (Å²) in [7, 11) is 0. The van der Waals surface area contributed by atoms with Crippen LogP contribution in [-0.4, -0.2) is 9.59 Å². The lowest BCUT2D eigenvalue weighted by Gasteiger charge is -2.12. The van der Waals surface area contributed by atoms with Crippen molar-refractivity contribution in [1.29, 1.82) is 0 Å². The molecule has 4 heteroatoms. The number of nitrogens with two attached hydrogens (primary N) is 1. The van der Waals surface area contributed by atoms with Crippen molar-refractivity contribution in [1.82, 2.24) is 9.59 Å². The van der Waals surface area contributed by atoms with Crippen molar-refractivity contribution >= 4 is 11.5 Å². The molecule has 0 fully saturated rings. The number of nitrogens with zero attached hydrogens (tertiary/aromatic N) is 2. The molecule has 18 heavy (non-hydrogen) atoms. The van der Waals surface area contributed by atoms with E-state index in [0.717, 1.165) is 23.4 Å². The fourth-order valence-corrected chi connectivity index (χ4v) is 2.80. The van der Waals surface area contributed by atoms with Gasteiger partial charge in [0.2, 0.25) is 0 Å². The highest BCUT2D eigenvalue weighted by atomic mass is 32.1. The van der Waals surface area contributed by atoms with Gasteiger partial charge in [-0.15, -0.1) is 5.10 Å². The first kappa shape index (κ1) is 13.2. The lowest BCUT2D eigenvalue weighted by atomic mass is 10.0. The highest BCUT2D eigenvalue weighted by molar-refractivity contribution is 7.05. The van der Waals surface area contributed by atoms with Crippen molar-refractivity contribution < 1.29 is 0 Å². The molecule has 0 saturated carbocycles. The number of hydrogen-bond donors (Lipinski definition) is 1. The predicted molar refractivity (Wildman–Crippen MR) is 75.7 cm³/mol. The van der Waals surface area contributed by atoms with E-state index in [4.69, 9.17) is 5.73 Å². The molecule has 1 heterocycles. The summed E-state index contributed by atoms with van der Waals surface area (Å²) in [4.78, 5) is 1.14. The van der Waals surface area contributed by atoms with E-state index in [1.54, 1.807) is 0 Å². The SMILES string of the molecule is CC(C)c1nnsc1C(N)CCc1ccccc1. The van der Waals surface area contributed by atoms with Gasteiger partial charge in [-0.3, -0.25) is 0 Å². The van der Waals surface area contributed by atoms with Crippen LogP contribution in [-0.2, 0) is 6.42 Å². The Bertz CT molecular complexity index is 479. The molecule has 0 aliphatic heterocycles. The highest BCUT2D eigenvalue weighted by Gasteiger charge is 2.17. The van der Waals surface area contributed by atoms with Gasteiger partial charge in [-0.05, 0) is 35.9 Å². The van der Waals surface area contributed by atoms with Crippen LogP contribution in [0.4, 0.5) is 0 Å². The minimum atomic E-state index is 0.0441. The van der Waals surface area contributed by atoms with E-state index >= 15 is 0 Å². The summed E-state index contributed by atoms with van der Waals surface area (Å²) >= 11 is 1.44. The molecule has 3 nitrogen and oxygen atoms in total. The molecule has 0 amide bonds. The molecular weight excluding hydrogens is 242 g/mol. The van der Waals surface area contributed by atoms with Crippen LogP contribution in [0.25, 0.3) is 0 Å². The third-order valence-corrected chi connectivity index (χ3v) is 3.88. The monoisotopic (exact) mass is 261 g/mol. The third-order valence-electron chi connectivity index (χ3n) is 3.01. The van der Waals surface area contributed by atoms with E-state index in [9.17, 15) is 0 Å². The zero-order chi connectivity index (χ0) is 13.0. The molecule has 0 spiro atoms. The minimum Gasteiger partial charge on any atom is -0.323 e. The van der Waals surface area contributed by atoms with Gasteiger partial charge in [-0.2, -0.15) is 0 Å². The van der Waals surface area contributed by atoms with Gasteiger partial charge >= 0.3 is 0 Å². The van der Waals surface area contributed by atoms with Gasteiger partial charge in [-0.25, -0.2) is 0 Å². The molecule has 1 unspecified atom stereocenters. The molecule has 0 radical (unpaired) electrons. The maximum atomic E-state index is 6.26. The quantitative estimate of drug-likeness (QED) is 0.898. The Morgan fingerprint density at radius 3 is 2.61 bits per heavy atom. The van der Waals surface area contributed by atoms with Crippen LogP contribution in [0.5, 0.6) is 0 Å². The van der Waals surface area contributed by atoms with Crippen LogP contribution in [0, 0.1) is 0 Å². The number of hydrogen-bond acceptors (Lipinski definition) is 4. The Balaban J connectivity index is 1.99. The fraction of sp³-hybridized carbons (Fsp3) is 0.429. The summed E-state index contributed by atoms with van der Waals surface area (Å²) in [6.07, 6.45) is 1.94. The van der Waals surface area contributed by atoms with Gasteiger partial charge < -0.3 is 5.73 Å². The van der Waals surface area contributed by atoms with Crippen LogP contribution in [0.1, 0.15) is 48.4 Å².